The summed E-state index contributed by atoms with van der Waals surface area (Å²) in [7, 11) is 0. The van der Waals surface area contributed by atoms with Crippen molar-refractivity contribution >= 4 is 11.6 Å². The summed E-state index contributed by atoms with van der Waals surface area (Å²) < 4.78 is 0. The van der Waals surface area contributed by atoms with E-state index in [1.807, 2.05) is 11.8 Å². The van der Waals surface area contributed by atoms with Crippen molar-refractivity contribution in [1.29, 1.82) is 0 Å². The molecule has 2 rings (SSSR count). The fourth-order valence-corrected chi connectivity index (χ4v) is 2.27. The molecule has 1 atom stereocenters. The molecule has 1 aromatic rings. The molecule has 1 aromatic heterocycles. The highest BCUT2D eigenvalue weighted by Gasteiger charge is 2.30. The Hall–Kier alpha value is -1.52. The first kappa shape index (κ1) is 12.0. The minimum absolute atomic E-state index is 0.0463. The van der Waals surface area contributed by atoms with Crippen LogP contribution < -0.4 is 5.73 Å². The number of hydrogen-bond acceptors (Lipinski definition) is 3. The van der Waals surface area contributed by atoms with Gasteiger partial charge < -0.3 is 10.6 Å². The minimum atomic E-state index is -0.0463. The lowest BCUT2D eigenvalue weighted by molar-refractivity contribution is 0.0779. The van der Waals surface area contributed by atoms with Gasteiger partial charge in [0.15, 0.2) is 5.69 Å². The van der Waals surface area contributed by atoms with Crippen molar-refractivity contribution in [1.82, 2.24) is 15.1 Å². The molecule has 94 valence electrons. The van der Waals surface area contributed by atoms with Gasteiger partial charge >= 0.3 is 0 Å². The summed E-state index contributed by atoms with van der Waals surface area (Å²) in [5.41, 5.74) is 7.42. The highest BCUT2D eigenvalue weighted by molar-refractivity contribution is 5.97. The highest BCUT2D eigenvalue weighted by atomic mass is 16.2. The van der Waals surface area contributed by atoms with E-state index < -0.39 is 0 Å². The second kappa shape index (κ2) is 4.39. The number of nitrogens with two attached hydrogens (primary N) is 1. The summed E-state index contributed by atoms with van der Waals surface area (Å²) in [6, 6.07) is 0. The average Bonchev–Trinajstić information content (AvgIpc) is 2.87. The normalized spacial score (nSPS) is 20.2. The lowest BCUT2D eigenvalue weighted by Gasteiger charge is -2.17. The van der Waals surface area contributed by atoms with E-state index in [-0.39, 0.29) is 5.91 Å². The van der Waals surface area contributed by atoms with Gasteiger partial charge in [-0.05, 0) is 25.2 Å². The van der Waals surface area contributed by atoms with Gasteiger partial charge in [0.25, 0.3) is 5.91 Å². The quantitative estimate of drug-likeness (QED) is 0.815. The molecule has 1 unspecified atom stereocenters. The van der Waals surface area contributed by atoms with Gasteiger partial charge in [0, 0.05) is 13.1 Å². The number of nitrogen functional groups attached to an aromatic ring is 1. The van der Waals surface area contributed by atoms with Crippen LogP contribution in [-0.2, 0) is 0 Å². The van der Waals surface area contributed by atoms with Crippen molar-refractivity contribution in [2.75, 3.05) is 18.8 Å². The summed E-state index contributed by atoms with van der Waals surface area (Å²) in [5.74, 6) is 1.17. The Kier molecular flexibility index (Phi) is 3.09. The molecule has 5 heteroatoms. The number of likely N-dealkylation sites (tertiary alicyclic amines) is 1. The fraction of sp³-hybridized carbons (Fsp3) is 0.667. The maximum absolute atomic E-state index is 12.2. The van der Waals surface area contributed by atoms with E-state index in [4.69, 9.17) is 5.73 Å². The Labute approximate surface area is 101 Å². The lowest BCUT2D eigenvalue weighted by atomic mass is 9.95. The Balaban J connectivity index is 2.10. The van der Waals surface area contributed by atoms with Gasteiger partial charge in [-0.2, -0.15) is 5.10 Å². The zero-order valence-electron chi connectivity index (χ0n) is 10.7. The lowest BCUT2D eigenvalue weighted by Crippen LogP contribution is -2.30. The average molecular weight is 236 g/mol. The maximum Gasteiger partial charge on any atom is 0.276 e. The third-order valence-electron chi connectivity index (χ3n) is 3.65. The van der Waals surface area contributed by atoms with E-state index in [2.05, 4.69) is 24.0 Å². The van der Waals surface area contributed by atoms with Gasteiger partial charge in [-0.3, -0.25) is 9.89 Å². The number of amides is 1. The van der Waals surface area contributed by atoms with Crippen LogP contribution in [0.2, 0.25) is 0 Å². The van der Waals surface area contributed by atoms with E-state index in [0.29, 0.717) is 23.2 Å². The molecule has 0 radical (unpaired) electrons. The van der Waals surface area contributed by atoms with Crippen molar-refractivity contribution in [2.45, 2.75) is 27.2 Å². The van der Waals surface area contributed by atoms with Crippen LogP contribution in [0.5, 0.6) is 0 Å². The molecule has 0 aromatic carbocycles. The van der Waals surface area contributed by atoms with Crippen molar-refractivity contribution < 1.29 is 4.79 Å². The molecular formula is C12H20N4O. The van der Waals surface area contributed by atoms with Crippen molar-refractivity contribution in [2.24, 2.45) is 11.8 Å². The summed E-state index contributed by atoms with van der Waals surface area (Å²) >= 11 is 0. The summed E-state index contributed by atoms with van der Waals surface area (Å²) in [6.45, 7) is 7.85. The van der Waals surface area contributed by atoms with E-state index in [9.17, 15) is 4.79 Å². The maximum atomic E-state index is 12.2. The van der Waals surface area contributed by atoms with Crippen LogP contribution in [0.3, 0.4) is 0 Å². The van der Waals surface area contributed by atoms with Gasteiger partial charge in [-0.1, -0.05) is 13.8 Å². The summed E-state index contributed by atoms with van der Waals surface area (Å²) in [4.78, 5) is 14.1. The Morgan fingerprint density at radius 1 is 1.59 bits per heavy atom. The number of aromatic nitrogens is 2. The topological polar surface area (TPSA) is 75.0 Å². The first-order valence-corrected chi connectivity index (χ1v) is 6.10. The standard InChI is InChI=1S/C12H20N4O/c1-7(2)9-4-5-16(6-9)12(17)11-10(13)8(3)14-15-11/h7,9H,4-6,13H2,1-3H3,(H,14,15). The molecule has 5 nitrogen and oxygen atoms in total. The second-order valence-electron chi connectivity index (χ2n) is 5.15. The van der Waals surface area contributed by atoms with E-state index in [0.717, 1.165) is 25.2 Å². The monoisotopic (exact) mass is 236 g/mol. The predicted octanol–water partition coefficient (Wildman–Crippen LogP) is 1.42. The molecule has 0 bridgehead atoms. The minimum Gasteiger partial charge on any atom is -0.395 e. The van der Waals surface area contributed by atoms with Gasteiger partial charge in [0.2, 0.25) is 0 Å². The molecule has 1 saturated heterocycles. The molecule has 1 fully saturated rings. The van der Waals surface area contributed by atoms with E-state index >= 15 is 0 Å². The number of nitrogens with zero attached hydrogens (tertiary/aromatic N) is 2. The van der Waals surface area contributed by atoms with Crippen LogP contribution in [0, 0.1) is 18.8 Å². The van der Waals surface area contributed by atoms with Crippen molar-refractivity contribution in [3.63, 3.8) is 0 Å². The number of H-pyrrole nitrogens is 1. The number of rotatable bonds is 2. The van der Waals surface area contributed by atoms with Gasteiger partial charge in [-0.25, -0.2) is 0 Å². The summed E-state index contributed by atoms with van der Waals surface area (Å²) in [5, 5.41) is 6.74. The zero-order chi connectivity index (χ0) is 12.6. The summed E-state index contributed by atoms with van der Waals surface area (Å²) in [6.07, 6.45) is 1.08. The van der Waals surface area contributed by atoms with Crippen LogP contribution in [0.15, 0.2) is 0 Å². The Morgan fingerprint density at radius 2 is 2.29 bits per heavy atom. The largest absolute Gasteiger partial charge is 0.395 e. The van der Waals surface area contributed by atoms with Gasteiger partial charge in [0.05, 0.1) is 11.4 Å². The number of anilines is 1. The number of carbonyl (C=O) groups excluding carboxylic acids is 1. The molecule has 17 heavy (non-hydrogen) atoms. The van der Waals surface area contributed by atoms with E-state index in [1.165, 1.54) is 0 Å². The zero-order valence-corrected chi connectivity index (χ0v) is 10.7. The van der Waals surface area contributed by atoms with E-state index in [1.54, 1.807) is 0 Å². The fourth-order valence-electron chi connectivity index (χ4n) is 2.27. The first-order chi connectivity index (χ1) is 8.00. The number of hydrogen-bond donors (Lipinski definition) is 2. The molecule has 1 aliphatic rings. The first-order valence-electron chi connectivity index (χ1n) is 6.10. The number of aromatic amines is 1. The molecule has 1 aliphatic heterocycles. The smallest absolute Gasteiger partial charge is 0.276 e. The van der Waals surface area contributed by atoms with Crippen LogP contribution in [0.25, 0.3) is 0 Å². The number of carbonyl (C=O) groups is 1. The van der Waals surface area contributed by atoms with Gasteiger partial charge in [-0.15, -0.1) is 0 Å². The van der Waals surface area contributed by atoms with Crippen LogP contribution in [-0.4, -0.2) is 34.1 Å². The third kappa shape index (κ3) is 2.14. The Morgan fingerprint density at radius 3 is 2.76 bits per heavy atom. The SMILES string of the molecule is Cc1[nH]nc(C(=O)N2CCC(C(C)C)C2)c1N. The van der Waals surface area contributed by atoms with Gasteiger partial charge in [0.1, 0.15) is 0 Å². The molecule has 2 heterocycles. The molecule has 3 N–H and O–H groups in total. The second-order valence-corrected chi connectivity index (χ2v) is 5.15. The van der Waals surface area contributed by atoms with Crippen LogP contribution in [0.1, 0.15) is 36.5 Å². The van der Waals surface area contributed by atoms with Crippen molar-refractivity contribution in [3.05, 3.63) is 11.4 Å². The molecule has 0 aliphatic carbocycles. The number of aryl methyl sites for hydroxylation is 1. The van der Waals surface area contributed by atoms with Crippen molar-refractivity contribution in [3.8, 4) is 0 Å². The van der Waals surface area contributed by atoms with Crippen LogP contribution in [0.4, 0.5) is 5.69 Å². The Bertz CT molecular complexity index is 424. The molecular weight excluding hydrogens is 216 g/mol. The van der Waals surface area contributed by atoms with Crippen LogP contribution >= 0.6 is 0 Å². The molecule has 1 amide bonds. The highest BCUT2D eigenvalue weighted by Crippen LogP contribution is 2.25. The molecule has 0 saturated carbocycles. The molecule has 0 spiro atoms. The number of nitrogens with one attached hydrogen (secondary N) is 1. The third-order valence-corrected chi connectivity index (χ3v) is 3.65. The predicted molar refractivity (Wildman–Crippen MR) is 66.6 cm³/mol.